The fourth-order valence-corrected chi connectivity index (χ4v) is 4.88. The SMILES string of the molecule is COc1ccc(OC)c(S(=O)(=O)N(CC(=O)N/N=C/c2ccc(Br)cc2)Cc2ccccc2)c1. The van der Waals surface area contributed by atoms with Crippen LogP contribution in [0, 0.1) is 0 Å². The van der Waals surface area contributed by atoms with Gasteiger partial charge in [-0.05, 0) is 35.4 Å². The first kappa shape index (κ1) is 25.4. The second-order valence-electron chi connectivity index (χ2n) is 7.12. The number of methoxy groups -OCH3 is 2. The van der Waals surface area contributed by atoms with Crippen molar-refractivity contribution in [2.75, 3.05) is 20.8 Å². The number of carbonyl (C=O) groups is 1. The first-order chi connectivity index (χ1) is 16.3. The number of hydrazone groups is 1. The van der Waals surface area contributed by atoms with E-state index < -0.39 is 22.5 Å². The minimum atomic E-state index is -4.14. The first-order valence-corrected chi connectivity index (χ1v) is 12.4. The van der Waals surface area contributed by atoms with Gasteiger partial charge in [0.2, 0.25) is 10.0 Å². The van der Waals surface area contributed by atoms with Gasteiger partial charge in [0.1, 0.15) is 16.4 Å². The highest BCUT2D eigenvalue weighted by molar-refractivity contribution is 9.10. The fraction of sp³-hybridized carbons (Fsp3) is 0.167. The van der Waals surface area contributed by atoms with Gasteiger partial charge in [0.05, 0.1) is 27.0 Å². The molecule has 0 saturated carbocycles. The number of hydrogen-bond donors (Lipinski definition) is 1. The molecule has 0 unspecified atom stereocenters. The number of carbonyl (C=O) groups excluding carboxylic acids is 1. The van der Waals surface area contributed by atoms with Gasteiger partial charge in [-0.2, -0.15) is 9.41 Å². The summed E-state index contributed by atoms with van der Waals surface area (Å²) in [5.74, 6) is -0.0927. The predicted molar refractivity (Wildman–Crippen MR) is 133 cm³/mol. The molecule has 0 aliphatic rings. The molecular formula is C24H24BrN3O5S. The molecule has 0 saturated heterocycles. The van der Waals surface area contributed by atoms with E-state index in [0.29, 0.717) is 5.75 Å². The molecule has 1 N–H and O–H groups in total. The van der Waals surface area contributed by atoms with Gasteiger partial charge in [-0.15, -0.1) is 0 Å². The van der Waals surface area contributed by atoms with Crippen LogP contribution in [0.5, 0.6) is 11.5 Å². The van der Waals surface area contributed by atoms with Gasteiger partial charge in [0, 0.05) is 17.1 Å². The lowest BCUT2D eigenvalue weighted by molar-refractivity contribution is -0.121. The molecule has 3 aromatic rings. The predicted octanol–water partition coefficient (Wildman–Crippen LogP) is 3.81. The summed E-state index contributed by atoms with van der Waals surface area (Å²) in [5, 5.41) is 3.94. The van der Waals surface area contributed by atoms with Crippen LogP contribution in [0.15, 0.2) is 87.3 Å². The average Bonchev–Trinajstić information content (AvgIpc) is 2.85. The number of halogens is 1. The van der Waals surface area contributed by atoms with Crippen molar-refractivity contribution >= 4 is 38.1 Å². The van der Waals surface area contributed by atoms with Crippen molar-refractivity contribution in [2.45, 2.75) is 11.4 Å². The lowest BCUT2D eigenvalue weighted by atomic mass is 10.2. The Morgan fingerprint density at radius 3 is 2.38 bits per heavy atom. The summed E-state index contributed by atoms with van der Waals surface area (Å²) in [6, 6.07) is 20.8. The number of sulfonamides is 1. The molecule has 0 fully saturated rings. The van der Waals surface area contributed by atoms with Gasteiger partial charge in [-0.25, -0.2) is 13.8 Å². The number of benzene rings is 3. The summed E-state index contributed by atoms with van der Waals surface area (Å²) in [6.45, 7) is -0.470. The monoisotopic (exact) mass is 545 g/mol. The zero-order valence-electron chi connectivity index (χ0n) is 18.6. The van der Waals surface area contributed by atoms with Gasteiger partial charge in [0.15, 0.2) is 0 Å². The average molecular weight is 546 g/mol. The van der Waals surface area contributed by atoms with Crippen LogP contribution in [0.2, 0.25) is 0 Å². The zero-order valence-corrected chi connectivity index (χ0v) is 21.0. The van der Waals surface area contributed by atoms with Crippen molar-refractivity contribution in [3.63, 3.8) is 0 Å². The lowest BCUT2D eigenvalue weighted by Crippen LogP contribution is -2.39. The molecule has 10 heteroatoms. The zero-order chi connectivity index (χ0) is 24.6. The Morgan fingerprint density at radius 2 is 1.74 bits per heavy atom. The van der Waals surface area contributed by atoms with Gasteiger partial charge in [-0.1, -0.05) is 58.4 Å². The maximum atomic E-state index is 13.6. The van der Waals surface area contributed by atoms with E-state index in [1.807, 2.05) is 30.3 Å². The number of nitrogens with zero attached hydrogens (tertiary/aromatic N) is 2. The van der Waals surface area contributed by atoms with Crippen molar-refractivity contribution < 1.29 is 22.7 Å². The van der Waals surface area contributed by atoms with E-state index in [1.165, 1.54) is 32.6 Å². The van der Waals surface area contributed by atoms with Gasteiger partial charge in [-0.3, -0.25) is 4.79 Å². The molecule has 0 bridgehead atoms. The topological polar surface area (TPSA) is 97.3 Å². The van der Waals surface area contributed by atoms with Crippen LogP contribution in [0.4, 0.5) is 0 Å². The summed E-state index contributed by atoms with van der Waals surface area (Å²) in [4.78, 5) is 12.5. The molecule has 3 rings (SSSR count). The molecule has 34 heavy (non-hydrogen) atoms. The highest BCUT2D eigenvalue weighted by atomic mass is 79.9. The van der Waals surface area contributed by atoms with Gasteiger partial charge < -0.3 is 9.47 Å². The fourth-order valence-electron chi connectivity index (χ4n) is 3.06. The number of rotatable bonds is 10. The third kappa shape index (κ3) is 6.66. The molecule has 0 aliphatic heterocycles. The van der Waals surface area contributed by atoms with Crippen LogP contribution in [-0.2, 0) is 21.4 Å². The molecule has 0 atom stereocenters. The molecule has 178 valence electrons. The van der Waals surface area contributed by atoms with Crippen LogP contribution in [-0.4, -0.2) is 45.6 Å². The number of hydrogen-bond acceptors (Lipinski definition) is 6. The minimum absolute atomic E-state index is 0.0205. The molecular weight excluding hydrogens is 522 g/mol. The van der Waals surface area contributed by atoms with E-state index >= 15 is 0 Å². The van der Waals surface area contributed by atoms with Crippen molar-refractivity contribution in [2.24, 2.45) is 5.10 Å². The molecule has 0 aromatic heterocycles. The van der Waals surface area contributed by atoms with Crippen LogP contribution in [0.25, 0.3) is 0 Å². The van der Waals surface area contributed by atoms with Crippen LogP contribution in [0.3, 0.4) is 0 Å². The van der Waals surface area contributed by atoms with E-state index in [9.17, 15) is 13.2 Å². The van der Waals surface area contributed by atoms with Crippen molar-refractivity contribution in [3.05, 3.63) is 88.4 Å². The Kier molecular flexibility index (Phi) is 8.80. The highest BCUT2D eigenvalue weighted by Gasteiger charge is 2.30. The number of nitrogens with one attached hydrogen (secondary N) is 1. The Morgan fingerprint density at radius 1 is 1.03 bits per heavy atom. The lowest BCUT2D eigenvalue weighted by Gasteiger charge is -2.23. The maximum absolute atomic E-state index is 13.6. The molecule has 0 spiro atoms. The van der Waals surface area contributed by atoms with E-state index in [-0.39, 0.29) is 17.2 Å². The Bertz CT molecular complexity index is 1250. The van der Waals surface area contributed by atoms with Gasteiger partial charge in [0.25, 0.3) is 5.91 Å². The van der Waals surface area contributed by atoms with Crippen molar-refractivity contribution in [1.29, 1.82) is 0 Å². The Hall–Kier alpha value is -3.21. The van der Waals surface area contributed by atoms with Crippen molar-refractivity contribution in [1.82, 2.24) is 9.73 Å². The third-order valence-corrected chi connectivity index (χ3v) is 7.12. The van der Waals surface area contributed by atoms with Crippen LogP contribution in [0.1, 0.15) is 11.1 Å². The largest absolute Gasteiger partial charge is 0.497 e. The molecule has 0 aliphatic carbocycles. The second-order valence-corrected chi connectivity index (χ2v) is 9.94. The molecule has 0 radical (unpaired) electrons. The van der Waals surface area contributed by atoms with E-state index in [4.69, 9.17) is 9.47 Å². The first-order valence-electron chi connectivity index (χ1n) is 10.2. The molecule has 3 aromatic carbocycles. The van der Waals surface area contributed by atoms with Crippen molar-refractivity contribution in [3.8, 4) is 11.5 Å². The van der Waals surface area contributed by atoms with E-state index in [1.54, 1.807) is 30.3 Å². The molecule has 1 amide bonds. The molecule has 0 heterocycles. The number of ether oxygens (including phenoxy) is 2. The normalized spacial score (nSPS) is 11.5. The third-order valence-electron chi connectivity index (χ3n) is 4.78. The van der Waals surface area contributed by atoms with Crippen LogP contribution < -0.4 is 14.9 Å². The summed E-state index contributed by atoms with van der Waals surface area (Å²) in [5.41, 5.74) is 3.89. The van der Waals surface area contributed by atoms with E-state index in [0.717, 1.165) is 19.9 Å². The Labute approximate surface area is 207 Å². The standard InChI is InChI=1S/C24H24BrN3O5S/c1-32-21-12-13-22(33-2)23(14-21)34(30,31)28(16-19-6-4-3-5-7-19)17-24(29)27-26-15-18-8-10-20(25)11-9-18/h3-15H,16-17H2,1-2H3,(H,27,29)/b26-15+. The smallest absolute Gasteiger partial charge is 0.255 e. The second kappa shape index (κ2) is 11.8. The summed E-state index contributed by atoms with van der Waals surface area (Å²) in [7, 11) is -1.32. The van der Waals surface area contributed by atoms with E-state index in [2.05, 4.69) is 26.5 Å². The maximum Gasteiger partial charge on any atom is 0.255 e. The Balaban J connectivity index is 1.86. The van der Waals surface area contributed by atoms with Crippen LogP contribution >= 0.6 is 15.9 Å². The molecule has 8 nitrogen and oxygen atoms in total. The quantitative estimate of drug-likeness (QED) is 0.308. The summed E-state index contributed by atoms with van der Waals surface area (Å²) in [6.07, 6.45) is 1.48. The summed E-state index contributed by atoms with van der Waals surface area (Å²) < 4.78 is 39.7. The summed E-state index contributed by atoms with van der Waals surface area (Å²) >= 11 is 3.35. The minimum Gasteiger partial charge on any atom is -0.497 e. The number of amides is 1. The van der Waals surface area contributed by atoms with Gasteiger partial charge >= 0.3 is 0 Å². The highest BCUT2D eigenvalue weighted by Crippen LogP contribution is 2.31.